The highest BCUT2D eigenvalue weighted by Crippen LogP contribution is 2.19. The van der Waals surface area contributed by atoms with Crippen LogP contribution in [-0.4, -0.2) is 34.9 Å². The molecule has 178 valence electrons. The van der Waals surface area contributed by atoms with E-state index in [4.69, 9.17) is 16.3 Å². The van der Waals surface area contributed by atoms with Gasteiger partial charge in [0.05, 0.1) is 0 Å². The number of carbonyl (C=O) groups excluding carboxylic acids is 2. The van der Waals surface area contributed by atoms with E-state index in [9.17, 15) is 9.59 Å². The number of halogens is 1. The van der Waals surface area contributed by atoms with Crippen molar-refractivity contribution in [1.29, 1.82) is 0 Å². The van der Waals surface area contributed by atoms with Gasteiger partial charge in [-0.3, -0.25) is 9.59 Å². The number of carbonyl (C=O) groups is 2. The summed E-state index contributed by atoms with van der Waals surface area (Å²) in [4.78, 5) is 28.6. The number of nitrogens with one attached hydrogen (secondary N) is 1. The molecule has 0 bridgehead atoms. The van der Waals surface area contributed by atoms with Gasteiger partial charge in [0.15, 0.2) is 6.61 Å². The van der Waals surface area contributed by atoms with E-state index < -0.39 is 11.6 Å². The maximum absolute atomic E-state index is 13.5. The first-order chi connectivity index (χ1) is 16.2. The number of para-hydroxylation sites is 1. The summed E-state index contributed by atoms with van der Waals surface area (Å²) in [5.74, 6) is 0.0950. The first-order valence-corrected chi connectivity index (χ1v) is 11.7. The monoisotopic (exact) mass is 478 g/mol. The van der Waals surface area contributed by atoms with Gasteiger partial charge in [-0.25, -0.2) is 0 Å². The molecule has 0 aliphatic carbocycles. The van der Waals surface area contributed by atoms with Gasteiger partial charge in [0.2, 0.25) is 5.91 Å². The van der Waals surface area contributed by atoms with E-state index in [-0.39, 0.29) is 25.0 Å². The second-order valence-corrected chi connectivity index (χ2v) is 9.63. The molecule has 0 spiro atoms. The third kappa shape index (κ3) is 7.92. The molecule has 0 aliphatic rings. The fourth-order valence-corrected chi connectivity index (χ4v) is 3.80. The summed E-state index contributed by atoms with van der Waals surface area (Å²) < 4.78 is 5.74. The first-order valence-electron chi connectivity index (χ1n) is 11.3. The minimum Gasteiger partial charge on any atom is -0.484 e. The van der Waals surface area contributed by atoms with Crippen LogP contribution in [0.15, 0.2) is 84.9 Å². The van der Waals surface area contributed by atoms with Crippen LogP contribution in [0.25, 0.3) is 0 Å². The Balaban J connectivity index is 1.92. The topological polar surface area (TPSA) is 58.6 Å². The molecule has 0 radical (unpaired) electrons. The Hall–Kier alpha value is -3.31. The lowest BCUT2D eigenvalue weighted by atomic mass is 10.0. The summed E-state index contributed by atoms with van der Waals surface area (Å²) in [6.45, 7) is 5.82. The number of benzene rings is 3. The molecule has 2 amide bonds. The maximum atomic E-state index is 13.5. The molecule has 0 saturated heterocycles. The van der Waals surface area contributed by atoms with Crippen LogP contribution >= 0.6 is 11.6 Å². The number of nitrogens with zero attached hydrogens (tertiary/aromatic N) is 1. The minimum absolute atomic E-state index is 0.182. The van der Waals surface area contributed by atoms with Crippen molar-refractivity contribution in [2.75, 3.05) is 6.61 Å². The fourth-order valence-electron chi connectivity index (χ4n) is 3.58. The summed E-state index contributed by atoms with van der Waals surface area (Å²) in [6.07, 6.45) is 0.375. The first kappa shape index (κ1) is 25.3. The molecule has 3 aromatic carbocycles. The van der Waals surface area contributed by atoms with Crippen LogP contribution in [0.4, 0.5) is 0 Å². The third-order valence-corrected chi connectivity index (χ3v) is 5.35. The lowest BCUT2D eigenvalue weighted by molar-refractivity contribution is -0.143. The van der Waals surface area contributed by atoms with E-state index in [2.05, 4.69) is 5.32 Å². The highest BCUT2D eigenvalue weighted by Gasteiger charge is 2.32. The highest BCUT2D eigenvalue weighted by molar-refractivity contribution is 6.30. The van der Waals surface area contributed by atoms with E-state index in [1.165, 1.54) is 0 Å². The third-order valence-electron chi connectivity index (χ3n) is 5.12. The minimum atomic E-state index is -0.729. The average Bonchev–Trinajstić information content (AvgIpc) is 2.80. The predicted octanol–water partition coefficient (Wildman–Crippen LogP) is 5.27. The molecule has 1 N–H and O–H groups in total. The van der Waals surface area contributed by atoms with Crippen molar-refractivity contribution in [2.45, 2.75) is 45.3 Å². The van der Waals surface area contributed by atoms with Gasteiger partial charge in [-0.2, -0.15) is 0 Å². The predicted molar refractivity (Wildman–Crippen MR) is 136 cm³/mol. The molecular weight excluding hydrogens is 448 g/mol. The molecule has 0 saturated carbocycles. The van der Waals surface area contributed by atoms with E-state index in [1.807, 2.05) is 81.4 Å². The van der Waals surface area contributed by atoms with E-state index in [0.717, 1.165) is 11.1 Å². The number of amides is 2. The smallest absolute Gasteiger partial charge is 0.261 e. The molecule has 6 heteroatoms. The number of rotatable bonds is 9. The summed E-state index contributed by atoms with van der Waals surface area (Å²) in [5.41, 5.74) is 1.35. The molecule has 1 atom stereocenters. The van der Waals surface area contributed by atoms with E-state index in [1.54, 1.807) is 29.2 Å². The van der Waals surface area contributed by atoms with Crippen LogP contribution in [0.3, 0.4) is 0 Å². The summed E-state index contributed by atoms with van der Waals surface area (Å²) >= 11 is 6.20. The Bertz CT molecular complexity index is 1080. The lowest BCUT2D eigenvalue weighted by Gasteiger charge is -2.33. The second-order valence-electron chi connectivity index (χ2n) is 9.20. The largest absolute Gasteiger partial charge is 0.484 e. The molecule has 0 fully saturated rings. The Morgan fingerprint density at radius 2 is 1.53 bits per heavy atom. The van der Waals surface area contributed by atoms with Crippen molar-refractivity contribution in [3.05, 3.63) is 101 Å². The van der Waals surface area contributed by atoms with Crippen LogP contribution in [0.5, 0.6) is 5.75 Å². The zero-order chi connectivity index (χ0) is 24.6. The van der Waals surface area contributed by atoms with Crippen molar-refractivity contribution in [2.24, 2.45) is 0 Å². The summed E-state index contributed by atoms with van der Waals surface area (Å²) in [6, 6.07) is 25.4. The van der Waals surface area contributed by atoms with Crippen molar-refractivity contribution in [3.8, 4) is 5.75 Å². The SMILES string of the molecule is CC(C)(C)NC(=O)[C@H](Cc1ccccc1)N(Cc1cccc(Cl)c1)C(=O)COc1ccccc1. The molecule has 3 aromatic rings. The number of hydrogen-bond acceptors (Lipinski definition) is 3. The van der Waals surface area contributed by atoms with Gasteiger partial charge < -0.3 is 15.0 Å². The fraction of sp³-hybridized carbons (Fsp3) is 0.286. The normalized spacial score (nSPS) is 12.0. The number of ether oxygens (including phenoxy) is 1. The van der Waals surface area contributed by atoms with Crippen LogP contribution in [0, 0.1) is 0 Å². The summed E-state index contributed by atoms with van der Waals surface area (Å²) in [7, 11) is 0. The average molecular weight is 479 g/mol. The van der Waals surface area contributed by atoms with Gasteiger partial charge in [0.25, 0.3) is 5.91 Å². The standard InChI is InChI=1S/C28H31ClN2O3/c1-28(2,3)30-27(33)25(18-21-11-6-4-7-12-21)31(19-22-13-10-14-23(29)17-22)26(32)20-34-24-15-8-5-9-16-24/h4-17,25H,18-20H2,1-3H3,(H,30,33)/t25-/m0/s1. The second kappa shape index (κ2) is 11.7. The van der Waals surface area contributed by atoms with Crippen molar-refractivity contribution < 1.29 is 14.3 Å². The van der Waals surface area contributed by atoms with E-state index in [0.29, 0.717) is 17.2 Å². The van der Waals surface area contributed by atoms with Gasteiger partial charge in [-0.05, 0) is 56.2 Å². The van der Waals surface area contributed by atoms with Crippen LogP contribution < -0.4 is 10.1 Å². The Labute approximate surface area is 206 Å². The maximum Gasteiger partial charge on any atom is 0.261 e. The quantitative estimate of drug-likeness (QED) is 0.455. The molecule has 0 unspecified atom stereocenters. The van der Waals surface area contributed by atoms with Crippen molar-refractivity contribution in [1.82, 2.24) is 10.2 Å². The molecular formula is C28H31ClN2O3. The molecule has 0 aromatic heterocycles. The van der Waals surface area contributed by atoms with Gasteiger partial charge in [-0.1, -0.05) is 72.3 Å². The van der Waals surface area contributed by atoms with Gasteiger partial charge in [0, 0.05) is 23.5 Å². The lowest BCUT2D eigenvalue weighted by Crippen LogP contribution is -2.55. The Morgan fingerprint density at radius 3 is 2.15 bits per heavy atom. The van der Waals surface area contributed by atoms with Gasteiger partial charge in [-0.15, -0.1) is 0 Å². The van der Waals surface area contributed by atoms with Crippen molar-refractivity contribution >= 4 is 23.4 Å². The zero-order valence-electron chi connectivity index (χ0n) is 19.8. The molecule has 5 nitrogen and oxygen atoms in total. The van der Waals surface area contributed by atoms with Gasteiger partial charge >= 0.3 is 0 Å². The highest BCUT2D eigenvalue weighted by atomic mass is 35.5. The van der Waals surface area contributed by atoms with Crippen molar-refractivity contribution in [3.63, 3.8) is 0 Å². The van der Waals surface area contributed by atoms with Crippen LogP contribution in [0.2, 0.25) is 5.02 Å². The van der Waals surface area contributed by atoms with Gasteiger partial charge in [0.1, 0.15) is 11.8 Å². The Morgan fingerprint density at radius 1 is 0.912 bits per heavy atom. The number of hydrogen-bond donors (Lipinski definition) is 1. The summed E-state index contributed by atoms with van der Waals surface area (Å²) in [5, 5.41) is 3.62. The molecule has 0 aliphatic heterocycles. The molecule has 3 rings (SSSR count). The van der Waals surface area contributed by atoms with Crippen LogP contribution in [0.1, 0.15) is 31.9 Å². The molecule has 34 heavy (non-hydrogen) atoms. The van der Waals surface area contributed by atoms with Crippen LogP contribution in [-0.2, 0) is 22.6 Å². The Kier molecular flexibility index (Phi) is 8.72. The zero-order valence-corrected chi connectivity index (χ0v) is 20.6. The molecule has 0 heterocycles. The van der Waals surface area contributed by atoms with E-state index >= 15 is 0 Å².